The van der Waals surface area contributed by atoms with E-state index in [1.807, 2.05) is 34.6 Å². The Kier molecular flexibility index (Phi) is 7.13. The maximum absolute atomic E-state index is 12.5. The Balaban J connectivity index is 1.91. The first-order valence-electron chi connectivity index (χ1n) is 9.90. The van der Waals surface area contributed by atoms with E-state index in [0.717, 1.165) is 0 Å². The van der Waals surface area contributed by atoms with Gasteiger partial charge in [0.15, 0.2) is 9.84 Å². The van der Waals surface area contributed by atoms with Crippen molar-refractivity contribution in [2.45, 2.75) is 57.6 Å². The molecule has 10 heteroatoms. The summed E-state index contributed by atoms with van der Waals surface area (Å²) < 4.78 is 30.5. The van der Waals surface area contributed by atoms with E-state index < -0.39 is 20.4 Å². The molecule has 1 aliphatic rings. The van der Waals surface area contributed by atoms with Crippen molar-refractivity contribution in [2.75, 3.05) is 25.4 Å². The van der Waals surface area contributed by atoms with E-state index >= 15 is 0 Å². The van der Waals surface area contributed by atoms with Gasteiger partial charge in [-0.2, -0.15) is 0 Å². The minimum absolute atomic E-state index is 0.0447. The first-order chi connectivity index (χ1) is 13.7. The summed E-state index contributed by atoms with van der Waals surface area (Å²) in [4.78, 5) is 24.2. The Hall–Kier alpha value is -2.20. The number of nitro groups is 1. The molecule has 9 nitrogen and oxygen atoms in total. The van der Waals surface area contributed by atoms with Crippen LogP contribution in [0.2, 0.25) is 0 Å². The highest BCUT2D eigenvalue weighted by Gasteiger charge is 2.38. The lowest BCUT2D eigenvalue weighted by atomic mass is 9.79. The fraction of sp³-hybridized carbons (Fsp3) is 0.650. The molecule has 1 aromatic carbocycles. The van der Waals surface area contributed by atoms with Gasteiger partial charge in [-0.05, 0) is 44.7 Å². The molecular weight excluding hydrogens is 410 g/mol. The molecule has 1 amide bonds. The van der Waals surface area contributed by atoms with Crippen molar-refractivity contribution >= 4 is 21.6 Å². The van der Waals surface area contributed by atoms with Gasteiger partial charge in [0.05, 0.1) is 15.6 Å². The van der Waals surface area contributed by atoms with Crippen LogP contribution in [-0.2, 0) is 14.6 Å². The van der Waals surface area contributed by atoms with Crippen LogP contribution in [0, 0.1) is 15.5 Å². The van der Waals surface area contributed by atoms with Crippen LogP contribution >= 0.6 is 0 Å². The predicted octanol–water partition coefficient (Wildman–Crippen LogP) is 2.99. The number of piperidine rings is 1. The third-order valence-electron chi connectivity index (χ3n) is 5.05. The van der Waals surface area contributed by atoms with E-state index in [-0.39, 0.29) is 40.4 Å². The second-order valence-electron chi connectivity index (χ2n) is 9.26. The molecule has 0 aromatic heterocycles. The zero-order valence-electron chi connectivity index (χ0n) is 18.2. The number of carbonyl (C=O) groups is 1. The summed E-state index contributed by atoms with van der Waals surface area (Å²) in [5, 5.41) is 14.0. The number of nitro benzene ring substituents is 1. The number of carbonyl (C=O) groups excluding carboxylic acids is 1. The highest BCUT2D eigenvalue weighted by Crippen LogP contribution is 2.30. The fourth-order valence-electron chi connectivity index (χ4n) is 3.48. The molecule has 0 aliphatic carbocycles. The third-order valence-corrected chi connectivity index (χ3v) is 6.78. The summed E-state index contributed by atoms with van der Waals surface area (Å²) in [6, 6.07) is 4.95. The average Bonchev–Trinajstić information content (AvgIpc) is 2.61. The molecule has 1 fully saturated rings. The largest absolute Gasteiger partial charge is 0.444 e. The normalized spacial score (nSPS) is 19.4. The van der Waals surface area contributed by atoms with E-state index in [4.69, 9.17) is 4.74 Å². The lowest BCUT2D eigenvalue weighted by Crippen LogP contribution is -2.56. The molecule has 1 N–H and O–H groups in total. The number of amides is 1. The monoisotopic (exact) mass is 441 g/mol. The van der Waals surface area contributed by atoms with Crippen molar-refractivity contribution in [3.63, 3.8) is 0 Å². The second-order valence-corrected chi connectivity index (χ2v) is 11.4. The maximum atomic E-state index is 12.5. The SMILES string of the molecule is CC(C)(C)OC(=O)N1CCC(NCCS(=O)(=O)c2ccc([N+](=O)[O-])cc2)C(C)(C)C1. The van der Waals surface area contributed by atoms with Crippen LogP contribution in [0.5, 0.6) is 0 Å². The van der Waals surface area contributed by atoms with Crippen molar-refractivity contribution in [1.82, 2.24) is 10.2 Å². The summed E-state index contributed by atoms with van der Waals surface area (Å²) in [6.07, 6.45) is 0.346. The molecule has 1 aromatic rings. The number of non-ortho nitro benzene ring substituents is 1. The Morgan fingerprint density at radius 3 is 2.40 bits per heavy atom. The van der Waals surface area contributed by atoms with Gasteiger partial charge in [0.2, 0.25) is 0 Å². The number of hydrogen-bond acceptors (Lipinski definition) is 7. The third kappa shape index (κ3) is 6.40. The molecule has 30 heavy (non-hydrogen) atoms. The Bertz CT molecular complexity index is 875. The molecule has 0 bridgehead atoms. The maximum Gasteiger partial charge on any atom is 0.410 e. The van der Waals surface area contributed by atoms with Gasteiger partial charge in [-0.3, -0.25) is 10.1 Å². The Morgan fingerprint density at radius 2 is 1.90 bits per heavy atom. The minimum Gasteiger partial charge on any atom is -0.444 e. The second kappa shape index (κ2) is 8.89. The lowest BCUT2D eigenvalue weighted by molar-refractivity contribution is -0.384. The van der Waals surface area contributed by atoms with Crippen LogP contribution in [0.15, 0.2) is 29.2 Å². The first kappa shape index (κ1) is 24.1. The van der Waals surface area contributed by atoms with Gasteiger partial charge in [0.1, 0.15) is 5.60 Å². The number of hydrogen-bond donors (Lipinski definition) is 1. The smallest absolute Gasteiger partial charge is 0.410 e. The van der Waals surface area contributed by atoms with Crippen molar-refractivity contribution in [1.29, 1.82) is 0 Å². The van der Waals surface area contributed by atoms with Crippen molar-refractivity contribution in [3.05, 3.63) is 34.4 Å². The number of sulfone groups is 1. The van der Waals surface area contributed by atoms with Gasteiger partial charge in [-0.1, -0.05) is 13.8 Å². The molecule has 1 heterocycles. The Labute approximate surface area is 177 Å². The van der Waals surface area contributed by atoms with Gasteiger partial charge in [-0.25, -0.2) is 13.2 Å². The molecule has 1 atom stereocenters. The number of ether oxygens (including phenoxy) is 1. The molecule has 2 rings (SSSR count). The van der Waals surface area contributed by atoms with E-state index in [1.54, 1.807) is 4.90 Å². The van der Waals surface area contributed by atoms with Crippen LogP contribution in [0.1, 0.15) is 41.0 Å². The van der Waals surface area contributed by atoms with Crippen LogP contribution in [0.3, 0.4) is 0 Å². The average molecular weight is 442 g/mol. The minimum atomic E-state index is -3.55. The van der Waals surface area contributed by atoms with Crippen molar-refractivity contribution in [2.24, 2.45) is 5.41 Å². The molecule has 168 valence electrons. The van der Waals surface area contributed by atoms with Gasteiger partial charge < -0.3 is 15.0 Å². The zero-order chi connectivity index (χ0) is 22.7. The number of nitrogens with zero attached hydrogens (tertiary/aromatic N) is 2. The van der Waals surface area contributed by atoms with Crippen LogP contribution in [0.25, 0.3) is 0 Å². The standard InChI is InChI=1S/C20H31N3O6S/c1-19(2,3)29-18(24)22-12-10-17(20(4,5)14-22)21-11-13-30(27,28)16-8-6-15(7-9-16)23(25)26/h6-9,17,21H,10-14H2,1-5H3. The molecule has 0 spiro atoms. The quantitative estimate of drug-likeness (QED) is 0.532. The predicted molar refractivity (Wildman–Crippen MR) is 113 cm³/mol. The van der Waals surface area contributed by atoms with E-state index in [1.165, 1.54) is 24.3 Å². The van der Waals surface area contributed by atoms with E-state index in [9.17, 15) is 23.3 Å². The van der Waals surface area contributed by atoms with Crippen molar-refractivity contribution < 1.29 is 22.9 Å². The van der Waals surface area contributed by atoms with Gasteiger partial charge in [-0.15, -0.1) is 0 Å². The summed E-state index contributed by atoms with van der Waals surface area (Å²) >= 11 is 0. The summed E-state index contributed by atoms with van der Waals surface area (Å²) in [6.45, 7) is 10.8. The highest BCUT2D eigenvalue weighted by atomic mass is 32.2. The number of rotatable bonds is 6. The number of benzene rings is 1. The van der Waals surface area contributed by atoms with Crippen molar-refractivity contribution in [3.8, 4) is 0 Å². The van der Waals surface area contributed by atoms with Gasteiger partial charge in [0, 0.05) is 37.8 Å². The fourth-order valence-corrected chi connectivity index (χ4v) is 4.65. The highest BCUT2D eigenvalue weighted by molar-refractivity contribution is 7.91. The summed E-state index contributed by atoms with van der Waals surface area (Å²) in [7, 11) is -3.55. The zero-order valence-corrected chi connectivity index (χ0v) is 19.0. The van der Waals surface area contributed by atoms with Crippen LogP contribution < -0.4 is 5.32 Å². The molecule has 1 aliphatic heterocycles. The lowest BCUT2D eigenvalue weighted by Gasteiger charge is -2.44. The van der Waals surface area contributed by atoms with Crippen LogP contribution in [-0.4, -0.2) is 61.4 Å². The van der Waals surface area contributed by atoms with E-state index in [2.05, 4.69) is 5.32 Å². The topological polar surface area (TPSA) is 119 Å². The Morgan fingerprint density at radius 1 is 1.30 bits per heavy atom. The van der Waals surface area contributed by atoms with Gasteiger partial charge >= 0.3 is 6.09 Å². The molecule has 0 radical (unpaired) electrons. The molecular formula is C20H31N3O6S. The summed E-state index contributed by atoms with van der Waals surface area (Å²) in [5.74, 6) is -0.118. The first-order valence-corrected chi connectivity index (χ1v) is 11.5. The number of nitrogens with one attached hydrogen (secondary N) is 1. The molecule has 1 saturated heterocycles. The van der Waals surface area contributed by atoms with E-state index in [0.29, 0.717) is 19.5 Å². The molecule has 1 unspecified atom stereocenters. The summed E-state index contributed by atoms with van der Waals surface area (Å²) in [5.41, 5.74) is -0.958. The molecule has 0 saturated carbocycles. The number of likely N-dealkylation sites (tertiary alicyclic amines) is 1. The van der Waals surface area contributed by atoms with Gasteiger partial charge in [0.25, 0.3) is 5.69 Å². The van der Waals surface area contributed by atoms with Crippen LogP contribution in [0.4, 0.5) is 10.5 Å².